The zero-order chi connectivity index (χ0) is 15.5. The summed E-state index contributed by atoms with van der Waals surface area (Å²) >= 11 is 6.22. The van der Waals surface area contributed by atoms with Gasteiger partial charge in [0, 0.05) is 29.2 Å². The molecule has 0 aromatic heterocycles. The fourth-order valence-electron chi connectivity index (χ4n) is 2.64. The van der Waals surface area contributed by atoms with Crippen LogP contribution in [0.25, 0.3) is 0 Å². The number of halogens is 1. The summed E-state index contributed by atoms with van der Waals surface area (Å²) in [5.41, 5.74) is 1.21. The molecule has 5 heteroatoms. The van der Waals surface area contributed by atoms with Crippen LogP contribution in [0, 0.1) is 0 Å². The molecule has 1 N–H and O–H groups in total. The van der Waals surface area contributed by atoms with Crippen molar-refractivity contribution in [3.8, 4) is 0 Å². The first-order valence-corrected chi connectivity index (χ1v) is 7.44. The summed E-state index contributed by atoms with van der Waals surface area (Å²) in [6.45, 7) is 0.897. The molecule has 22 heavy (non-hydrogen) atoms. The van der Waals surface area contributed by atoms with Gasteiger partial charge in [0.1, 0.15) is 6.04 Å². The summed E-state index contributed by atoms with van der Waals surface area (Å²) in [4.78, 5) is 26.7. The summed E-state index contributed by atoms with van der Waals surface area (Å²) in [5, 5.41) is 3.28. The number of nitrogens with one attached hydrogen (secondary N) is 1. The molecule has 0 saturated carbocycles. The van der Waals surface area contributed by atoms with Gasteiger partial charge in [-0.25, -0.2) is 0 Å². The van der Waals surface area contributed by atoms with E-state index >= 15 is 0 Å². The lowest BCUT2D eigenvalue weighted by atomic mass is 10.0. The van der Waals surface area contributed by atoms with Crippen molar-refractivity contribution >= 4 is 23.4 Å². The Balaban J connectivity index is 1.99. The van der Waals surface area contributed by atoms with E-state index in [1.54, 1.807) is 35.2 Å². The highest BCUT2D eigenvalue weighted by Crippen LogP contribution is 2.30. The van der Waals surface area contributed by atoms with E-state index in [1.807, 2.05) is 24.3 Å². The standard InChI is InChI=1S/C17H15ClN2O2/c18-14-9-5-4-8-13(14)15-16(21)19-10-11-20(15)17(22)12-6-2-1-3-7-12/h1-9,15H,10-11H2,(H,19,21). The SMILES string of the molecule is O=C1NCCN(C(=O)c2ccccc2)C1c1ccccc1Cl. The maximum absolute atomic E-state index is 12.7. The molecule has 4 nitrogen and oxygen atoms in total. The van der Waals surface area contributed by atoms with Gasteiger partial charge in [-0.2, -0.15) is 0 Å². The molecule has 1 fully saturated rings. The highest BCUT2D eigenvalue weighted by Gasteiger charge is 2.35. The smallest absolute Gasteiger partial charge is 0.254 e. The number of rotatable bonds is 2. The molecule has 0 aliphatic carbocycles. The number of amides is 2. The molecule has 2 aromatic rings. The van der Waals surface area contributed by atoms with Gasteiger partial charge < -0.3 is 10.2 Å². The third kappa shape index (κ3) is 2.70. The van der Waals surface area contributed by atoms with Gasteiger partial charge in [-0.15, -0.1) is 0 Å². The molecule has 1 aliphatic heterocycles. The van der Waals surface area contributed by atoms with Crippen molar-refractivity contribution in [1.29, 1.82) is 0 Å². The Morgan fingerprint density at radius 3 is 2.50 bits per heavy atom. The quantitative estimate of drug-likeness (QED) is 0.926. The third-order valence-electron chi connectivity index (χ3n) is 3.69. The van der Waals surface area contributed by atoms with Crippen molar-refractivity contribution in [3.63, 3.8) is 0 Å². The Morgan fingerprint density at radius 1 is 1.09 bits per heavy atom. The average molecular weight is 315 g/mol. The van der Waals surface area contributed by atoms with Crippen LogP contribution in [0.4, 0.5) is 0 Å². The van der Waals surface area contributed by atoms with E-state index in [0.717, 1.165) is 0 Å². The molecule has 1 aliphatic rings. The first kappa shape index (κ1) is 14.6. The summed E-state index contributed by atoms with van der Waals surface area (Å²) in [6.07, 6.45) is 0. The predicted molar refractivity (Wildman–Crippen MR) is 84.7 cm³/mol. The topological polar surface area (TPSA) is 49.4 Å². The van der Waals surface area contributed by atoms with Crippen LogP contribution in [0.2, 0.25) is 5.02 Å². The second-order valence-electron chi connectivity index (χ2n) is 5.08. The molecule has 0 spiro atoms. The van der Waals surface area contributed by atoms with Crippen LogP contribution in [0.15, 0.2) is 54.6 Å². The first-order valence-electron chi connectivity index (χ1n) is 7.06. The molecule has 2 amide bonds. The molecule has 1 saturated heterocycles. The number of hydrogen-bond donors (Lipinski definition) is 1. The number of nitrogens with zero attached hydrogens (tertiary/aromatic N) is 1. The van der Waals surface area contributed by atoms with Crippen molar-refractivity contribution in [3.05, 3.63) is 70.7 Å². The van der Waals surface area contributed by atoms with Crippen LogP contribution in [0.1, 0.15) is 22.0 Å². The maximum atomic E-state index is 12.7. The summed E-state index contributed by atoms with van der Waals surface area (Å²) in [6, 6.07) is 15.4. The number of benzene rings is 2. The largest absolute Gasteiger partial charge is 0.352 e. The van der Waals surface area contributed by atoms with Crippen molar-refractivity contribution in [1.82, 2.24) is 10.2 Å². The fraction of sp³-hybridized carbons (Fsp3) is 0.176. The molecular formula is C17H15ClN2O2. The number of carbonyl (C=O) groups excluding carboxylic acids is 2. The van der Waals surface area contributed by atoms with E-state index in [9.17, 15) is 9.59 Å². The monoisotopic (exact) mass is 314 g/mol. The molecule has 1 heterocycles. The van der Waals surface area contributed by atoms with Gasteiger partial charge in [0.2, 0.25) is 5.91 Å². The molecule has 2 aromatic carbocycles. The van der Waals surface area contributed by atoms with Crippen molar-refractivity contribution < 1.29 is 9.59 Å². The van der Waals surface area contributed by atoms with Crippen LogP contribution in [-0.2, 0) is 4.79 Å². The van der Waals surface area contributed by atoms with Crippen LogP contribution in [0.5, 0.6) is 0 Å². The zero-order valence-corrected chi connectivity index (χ0v) is 12.6. The van der Waals surface area contributed by atoms with E-state index in [-0.39, 0.29) is 11.8 Å². The maximum Gasteiger partial charge on any atom is 0.254 e. The summed E-state index contributed by atoms with van der Waals surface area (Å²) in [5.74, 6) is -0.371. The van der Waals surface area contributed by atoms with Gasteiger partial charge in [-0.3, -0.25) is 9.59 Å². The molecule has 112 valence electrons. The van der Waals surface area contributed by atoms with Crippen molar-refractivity contribution in [2.24, 2.45) is 0 Å². The van der Waals surface area contributed by atoms with Crippen LogP contribution in [-0.4, -0.2) is 29.8 Å². The zero-order valence-electron chi connectivity index (χ0n) is 11.8. The van der Waals surface area contributed by atoms with Crippen molar-refractivity contribution in [2.45, 2.75) is 6.04 Å². The lowest BCUT2D eigenvalue weighted by molar-refractivity contribution is -0.128. The van der Waals surface area contributed by atoms with Crippen molar-refractivity contribution in [2.75, 3.05) is 13.1 Å². The lowest BCUT2D eigenvalue weighted by Crippen LogP contribution is -2.52. The molecule has 3 rings (SSSR count). The molecule has 1 unspecified atom stereocenters. The van der Waals surface area contributed by atoms with Crippen LogP contribution < -0.4 is 5.32 Å². The highest BCUT2D eigenvalue weighted by molar-refractivity contribution is 6.31. The average Bonchev–Trinajstić information content (AvgIpc) is 2.56. The van der Waals surface area contributed by atoms with E-state index < -0.39 is 6.04 Å². The Kier molecular flexibility index (Phi) is 4.11. The Morgan fingerprint density at radius 2 is 1.77 bits per heavy atom. The molecular weight excluding hydrogens is 300 g/mol. The Bertz CT molecular complexity index is 703. The fourth-order valence-corrected chi connectivity index (χ4v) is 2.88. The first-order chi connectivity index (χ1) is 10.7. The van der Waals surface area contributed by atoms with Gasteiger partial charge in [-0.1, -0.05) is 48.0 Å². The Labute approximate surface area is 133 Å². The van der Waals surface area contributed by atoms with Gasteiger partial charge in [-0.05, 0) is 18.2 Å². The minimum atomic E-state index is -0.699. The third-order valence-corrected chi connectivity index (χ3v) is 4.04. The minimum Gasteiger partial charge on any atom is -0.352 e. The molecule has 0 bridgehead atoms. The minimum absolute atomic E-state index is 0.166. The summed E-state index contributed by atoms with van der Waals surface area (Å²) in [7, 11) is 0. The predicted octanol–water partition coefficient (Wildman–Crippen LogP) is 2.65. The number of piperazine rings is 1. The normalized spacial score (nSPS) is 18.0. The van der Waals surface area contributed by atoms with E-state index in [2.05, 4.69) is 5.32 Å². The van der Waals surface area contributed by atoms with Gasteiger partial charge in [0.05, 0.1) is 0 Å². The van der Waals surface area contributed by atoms with Gasteiger partial charge in [0.15, 0.2) is 0 Å². The number of carbonyl (C=O) groups is 2. The van der Waals surface area contributed by atoms with Gasteiger partial charge >= 0.3 is 0 Å². The highest BCUT2D eigenvalue weighted by atomic mass is 35.5. The van der Waals surface area contributed by atoms with E-state index in [4.69, 9.17) is 11.6 Å². The van der Waals surface area contributed by atoms with E-state index in [0.29, 0.717) is 29.2 Å². The Hall–Kier alpha value is -2.33. The van der Waals surface area contributed by atoms with E-state index in [1.165, 1.54) is 0 Å². The van der Waals surface area contributed by atoms with Crippen LogP contribution in [0.3, 0.4) is 0 Å². The second-order valence-corrected chi connectivity index (χ2v) is 5.49. The molecule has 1 atom stereocenters. The summed E-state index contributed by atoms with van der Waals surface area (Å²) < 4.78 is 0. The number of hydrogen-bond acceptors (Lipinski definition) is 2. The van der Waals surface area contributed by atoms with Gasteiger partial charge in [0.25, 0.3) is 5.91 Å². The second kappa shape index (κ2) is 6.20. The lowest BCUT2D eigenvalue weighted by Gasteiger charge is -2.35. The molecule has 0 radical (unpaired) electrons. The van der Waals surface area contributed by atoms with Crippen LogP contribution >= 0.6 is 11.6 Å².